The van der Waals surface area contributed by atoms with Crippen molar-refractivity contribution in [2.75, 3.05) is 0 Å². The Labute approximate surface area is 201 Å². The van der Waals surface area contributed by atoms with E-state index in [4.69, 9.17) is 4.74 Å². The van der Waals surface area contributed by atoms with Crippen LogP contribution in [0.15, 0.2) is 36.6 Å². The monoisotopic (exact) mass is 476 g/mol. The third kappa shape index (κ3) is 6.43. The van der Waals surface area contributed by atoms with Crippen molar-refractivity contribution in [1.82, 2.24) is 0 Å². The lowest BCUT2D eigenvalue weighted by Crippen LogP contribution is -2.15. The number of unbranched alkanes of at least 4 members (excludes halogenated alkanes) is 4. The van der Waals surface area contributed by atoms with Crippen LogP contribution in [-0.2, 0) is 0 Å². The minimum Gasteiger partial charge on any atom is -0.462 e. The SMILES string of the molecule is CCCCCCC=COc1ccc(-c2ccc(C3CCC(CCC)CC3)c(F)c2F)c(F)c1F. The summed E-state index contributed by atoms with van der Waals surface area (Å²) in [6.45, 7) is 4.29. The van der Waals surface area contributed by atoms with E-state index in [1.165, 1.54) is 36.9 Å². The van der Waals surface area contributed by atoms with Crippen LogP contribution in [0.25, 0.3) is 11.1 Å². The van der Waals surface area contributed by atoms with Crippen LogP contribution in [-0.4, -0.2) is 0 Å². The van der Waals surface area contributed by atoms with Gasteiger partial charge in [0.25, 0.3) is 0 Å². The highest BCUT2D eigenvalue weighted by molar-refractivity contribution is 5.66. The van der Waals surface area contributed by atoms with Crippen LogP contribution in [0.4, 0.5) is 17.6 Å². The molecular weight excluding hydrogens is 440 g/mol. The van der Waals surface area contributed by atoms with Crippen molar-refractivity contribution in [1.29, 1.82) is 0 Å². The van der Waals surface area contributed by atoms with E-state index >= 15 is 0 Å². The Morgan fingerprint density at radius 1 is 0.765 bits per heavy atom. The first-order valence-electron chi connectivity index (χ1n) is 12.8. The third-order valence-corrected chi connectivity index (χ3v) is 6.95. The first-order valence-corrected chi connectivity index (χ1v) is 12.8. The molecule has 0 amide bonds. The number of allylic oxidation sites excluding steroid dienone is 1. The van der Waals surface area contributed by atoms with E-state index in [1.54, 1.807) is 6.08 Å². The van der Waals surface area contributed by atoms with Crippen LogP contribution in [0.3, 0.4) is 0 Å². The van der Waals surface area contributed by atoms with Crippen LogP contribution in [0.1, 0.15) is 96.0 Å². The van der Waals surface area contributed by atoms with Crippen molar-refractivity contribution in [3.05, 3.63) is 65.4 Å². The van der Waals surface area contributed by atoms with Gasteiger partial charge < -0.3 is 4.74 Å². The van der Waals surface area contributed by atoms with Gasteiger partial charge in [-0.15, -0.1) is 0 Å². The van der Waals surface area contributed by atoms with Gasteiger partial charge in [-0.25, -0.2) is 13.2 Å². The molecule has 1 saturated carbocycles. The first-order chi connectivity index (χ1) is 16.5. The number of hydrogen-bond donors (Lipinski definition) is 0. The lowest BCUT2D eigenvalue weighted by Gasteiger charge is -2.29. The zero-order chi connectivity index (χ0) is 24.5. The van der Waals surface area contributed by atoms with Gasteiger partial charge in [0.1, 0.15) is 0 Å². The number of rotatable bonds is 11. The van der Waals surface area contributed by atoms with E-state index in [1.807, 2.05) is 0 Å². The van der Waals surface area contributed by atoms with E-state index in [0.717, 1.165) is 64.2 Å². The number of hydrogen-bond acceptors (Lipinski definition) is 1. The highest BCUT2D eigenvalue weighted by Gasteiger charge is 2.27. The van der Waals surface area contributed by atoms with Crippen LogP contribution in [0.5, 0.6) is 5.75 Å². The molecule has 1 nitrogen and oxygen atoms in total. The van der Waals surface area contributed by atoms with Gasteiger partial charge in [0.15, 0.2) is 23.2 Å². The van der Waals surface area contributed by atoms with Crippen molar-refractivity contribution < 1.29 is 22.3 Å². The summed E-state index contributed by atoms with van der Waals surface area (Å²) in [7, 11) is 0. The van der Waals surface area contributed by atoms with Crippen molar-refractivity contribution in [2.24, 2.45) is 5.92 Å². The Morgan fingerprint density at radius 2 is 1.44 bits per heavy atom. The van der Waals surface area contributed by atoms with Crippen molar-refractivity contribution in [3.63, 3.8) is 0 Å². The number of halogens is 4. The molecule has 2 aromatic rings. The minimum absolute atomic E-state index is 0.0391. The second-order valence-corrected chi connectivity index (χ2v) is 9.41. The van der Waals surface area contributed by atoms with Gasteiger partial charge in [-0.05, 0) is 74.1 Å². The summed E-state index contributed by atoms with van der Waals surface area (Å²) in [6, 6.07) is 5.37. The van der Waals surface area contributed by atoms with Gasteiger partial charge in [0, 0.05) is 11.1 Å². The van der Waals surface area contributed by atoms with Crippen LogP contribution < -0.4 is 4.74 Å². The van der Waals surface area contributed by atoms with E-state index in [0.29, 0.717) is 11.5 Å². The van der Waals surface area contributed by atoms with E-state index in [-0.39, 0.29) is 22.8 Å². The third-order valence-electron chi connectivity index (χ3n) is 6.95. The molecule has 1 aliphatic carbocycles. The molecule has 1 aliphatic rings. The fourth-order valence-corrected chi connectivity index (χ4v) is 4.97. The summed E-state index contributed by atoms with van der Waals surface area (Å²) < 4.78 is 64.5. The smallest absolute Gasteiger partial charge is 0.201 e. The summed E-state index contributed by atoms with van der Waals surface area (Å²) in [6.07, 6.45) is 14.3. The van der Waals surface area contributed by atoms with Crippen LogP contribution in [0.2, 0.25) is 0 Å². The number of benzene rings is 2. The zero-order valence-electron chi connectivity index (χ0n) is 20.3. The van der Waals surface area contributed by atoms with Crippen molar-refractivity contribution in [3.8, 4) is 16.9 Å². The molecule has 0 atom stereocenters. The van der Waals surface area contributed by atoms with Crippen LogP contribution in [0, 0.1) is 29.2 Å². The van der Waals surface area contributed by atoms with Gasteiger partial charge in [0.2, 0.25) is 5.82 Å². The average molecular weight is 477 g/mol. The molecule has 0 heterocycles. The van der Waals surface area contributed by atoms with Crippen molar-refractivity contribution in [2.45, 2.75) is 90.4 Å². The molecule has 0 bridgehead atoms. The van der Waals surface area contributed by atoms with Crippen molar-refractivity contribution >= 4 is 0 Å². The van der Waals surface area contributed by atoms with Gasteiger partial charge in [-0.1, -0.05) is 58.1 Å². The largest absolute Gasteiger partial charge is 0.462 e. The molecule has 0 aromatic heterocycles. The Bertz CT molecular complexity index is 961. The maximum absolute atomic E-state index is 15.0. The number of ether oxygens (including phenoxy) is 1. The van der Waals surface area contributed by atoms with Gasteiger partial charge in [0.05, 0.1) is 6.26 Å². The molecule has 3 rings (SSSR count). The normalized spacial score (nSPS) is 18.5. The molecule has 0 aliphatic heterocycles. The van der Waals surface area contributed by atoms with E-state index in [2.05, 4.69) is 13.8 Å². The lowest BCUT2D eigenvalue weighted by atomic mass is 9.77. The van der Waals surface area contributed by atoms with Crippen LogP contribution >= 0.6 is 0 Å². The van der Waals surface area contributed by atoms with Gasteiger partial charge in [-0.2, -0.15) is 4.39 Å². The summed E-state index contributed by atoms with van der Waals surface area (Å²) in [5.41, 5.74) is -0.264. The van der Waals surface area contributed by atoms with Gasteiger partial charge in [-0.3, -0.25) is 0 Å². The summed E-state index contributed by atoms with van der Waals surface area (Å²) in [5, 5.41) is 0. The Kier molecular flexibility index (Phi) is 10.0. The minimum atomic E-state index is -1.25. The molecule has 0 saturated heterocycles. The van der Waals surface area contributed by atoms with E-state index < -0.39 is 23.3 Å². The second kappa shape index (κ2) is 13.0. The molecule has 0 unspecified atom stereocenters. The molecule has 0 radical (unpaired) electrons. The molecule has 34 heavy (non-hydrogen) atoms. The zero-order valence-corrected chi connectivity index (χ0v) is 20.3. The quantitative estimate of drug-likeness (QED) is 0.178. The molecule has 0 N–H and O–H groups in total. The summed E-state index contributed by atoms with van der Waals surface area (Å²) >= 11 is 0. The summed E-state index contributed by atoms with van der Waals surface area (Å²) in [4.78, 5) is 0. The average Bonchev–Trinajstić information content (AvgIpc) is 2.84. The molecule has 0 spiro atoms. The maximum Gasteiger partial charge on any atom is 0.201 e. The fraction of sp³-hybridized carbons (Fsp3) is 0.517. The molecular formula is C29H36F4O. The Morgan fingerprint density at radius 3 is 2.12 bits per heavy atom. The molecule has 2 aromatic carbocycles. The topological polar surface area (TPSA) is 9.23 Å². The molecule has 1 fully saturated rings. The lowest BCUT2D eigenvalue weighted by molar-refractivity contribution is 0.303. The predicted octanol–water partition coefficient (Wildman–Crippen LogP) is 9.85. The molecule has 5 heteroatoms. The summed E-state index contributed by atoms with van der Waals surface area (Å²) in [5.74, 6) is -4.22. The molecule has 186 valence electrons. The standard InChI is InChI=1S/C29H36F4O/c1-3-5-6-7-8-9-19-34-25-18-17-24(28(32)29(25)33)23-16-15-22(26(30)27(23)31)21-13-11-20(10-4-2)12-14-21/h9,15-21H,3-8,10-14H2,1-2H3. The Balaban J connectivity index is 1.71. The van der Waals surface area contributed by atoms with E-state index in [9.17, 15) is 17.6 Å². The highest BCUT2D eigenvalue weighted by atomic mass is 19.2. The first kappa shape index (κ1) is 26.3. The fourth-order valence-electron chi connectivity index (χ4n) is 4.97. The predicted molar refractivity (Wildman–Crippen MR) is 130 cm³/mol. The Hall–Kier alpha value is -2.30. The maximum atomic E-state index is 15.0. The second-order valence-electron chi connectivity index (χ2n) is 9.41. The van der Waals surface area contributed by atoms with Gasteiger partial charge >= 0.3 is 0 Å². The highest BCUT2D eigenvalue weighted by Crippen LogP contribution is 2.40.